The van der Waals surface area contributed by atoms with Crippen molar-refractivity contribution in [3.63, 3.8) is 0 Å². The lowest BCUT2D eigenvalue weighted by Crippen LogP contribution is -2.29. The molecule has 5 rings (SSSR count). The van der Waals surface area contributed by atoms with Gasteiger partial charge in [0.15, 0.2) is 0 Å². The lowest BCUT2D eigenvalue weighted by Gasteiger charge is -2.28. The van der Waals surface area contributed by atoms with Crippen LogP contribution in [0.5, 0.6) is 5.75 Å². The molecule has 0 bridgehead atoms. The fourth-order valence-electron chi connectivity index (χ4n) is 4.31. The van der Waals surface area contributed by atoms with Crippen LogP contribution in [0.25, 0.3) is 5.76 Å². The van der Waals surface area contributed by atoms with Gasteiger partial charge in [-0.15, -0.1) is 0 Å². The first kappa shape index (κ1) is 21.2. The highest BCUT2D eigenvalue weighted by molar-refractivity contribution is 6.51. The minimum Gasteiger partial charge on any atom is -0.507 e. The summed E-state index contributed by atoms with van der Waals surface area (Å²) in [7, 11) is 1.92. The van der Waals surface area contributed by atoms with Gasteiger partial charge in [-0.25, -0.2) is 0 Å². The largest absolute Gasteiger partial charge is 0.507 e. The number of aliphatic hydroxyl groups excluding tert-OH is 1. The van der Waals surface area contributed by atoms with Gasteiger partial charge in [0.1, 0.15) is 18.1 Å². The number of hydrogen-bond donors (Lipinski definition) is 1. The van der Waals surface area contributed by atoms with Crippen LogP contribution in [-0.4, -0.2) is 42.0 Å². The van der Waals surface area contributed by atoms with Crippen molar-refractivity contribution in [2.75, 3.05) is 30.0 Å². The van der Waals surface area contributed by atoms with Crippen LogP contribution in [0.2, 0.25) is 0 Å². The van der Waals surface area contributed by atoms with Crippen molar-refractivity contribution in [3.05, 3.63) is 89.3 Å². The number of anilines is 2. The quantitative estimate of drug-likeness (QED) is 0.369. The molecule has 34 heavy (non-hydrogen) atoms. The number of aromatic nitrogens is 1. The Hall–Kier alpha value is -4.64. The van der Waals surface area contributed by atoms with Gasteiger partial charge in [0.05, 0.1) is 35.5 Å². The highest BCUT2D eigenvalue weighted by Gasteiger charge is 2.47. The number of nitriles is 1. The molecule has 1 N–H and O–H groups in total. The van der Waals surface area contributed by atoms with E-state index in [0.29, 0.717) is 41.3 Å². The van der Waals surface area contributed by atoms with Gasteiger partial charge in [0.25, 0.3) is 11.7 Å². The van der Waals surface area contributed by atoms with E-state index in [1.165, 1.54) is 4.90 Å². The molecule has 3 heterocycles. The predicted octanol–water partition coefficient (Wildman–Crippen LogP) is 3.41. The Morgan fingerprint density at radius 3 is 2.56 bits per heavy atom. The lowest BCUT2D eigenvalue weighted by molar-refractivity contribution is -0.132. The van der Waals surface area contributed by atoms with Gasteiger partial charge in [0.2, 0.25) is 0 Å². The normalized spacial score (nSPS) is 18.9. The van der Waals surface area contributed by atoms with Crippen molar-refractivity contribution < 1.29 is 19.4 Å². The van der Waals surface area contributed by atoms with E-state index in [1.807, 2.05) is 18.0 Å². The zero-order chi connectivity index (χ0) is 23.8. The van der Waals surface area contributed by atoms with Crippen molar-refractivity contribution in [1.82, 2.24) is 4.98 Å². The SMILES string of the molecule is CN1CCOc2ccc(/C(O)=C3/C(=O)C(=O)N(c4ccc(C#N)cc4)C3c3ccncc3)cc21. The van der Waals surface area contributed by atoms with Gasteiger partial charge in [0, 0.05) is 30.7 Å². The van der Waals surface area contributed by atoms with Crippen LogP contribution in [0.1, 0.15) is 22.7 Å². The summed E-state index contributed by atoms with van der Waals surface area (Å²) in [6, 6.07) is 16.2. The molecule has 168 valence electrons. The molecule has 2 aromatic carbocycles. The van der Waals surface area contributed by atoms with Gasteiger partial charge in [-0.05, 0) is 60.2 Å². The Morgan fingerprint density at radius 2 is 1.85 bits per heavy atom. The Labute approximate surface area is 195 Å². The van der Waals surface area contributed by atoms with Gasteiger partial charge in [-0.1, -0.05) is 0 Å². The minimum absolute atomic E-state index is 0.0140. The summed E-state index contributed by atoms with van der Waals surface area (Å²) in [6.45, 7) is 1.25. The summed E-state index contributed by atoms with van der Waals surface area (Å²) in [4.78, 5) is 33.8. The predicted molar refractivity (Wildman–Crippen MR) is 125 cm³/mol. The highest BCUT2D eigenvalue weighted by atomic mass is 16.5. The number of amides is 1. The number of ketones is 1. The minimum atomic E-state index is -0.860. The van der Waals surface area contributed by atoms with E-state index in [1.54, 1.807) is 67.0 Å². The third-order valence-electron chi connectivity index (χ3n) is 6.07. The molecule has 1 saturated heterocycles. The summed E-state index contributed by atoms with van der Waals surface area (Å²) >= 11 is 0. The topological polar surface area (TPSA) is 107 Å². The van der Waals surface area contributed by atoms with Gasteiger partial charge in [-0.2, -0.15) is 5.26 Å². The smallest absolute Gasteiger partial charge is 0.300 e. The zero-order valence-electron chi connectivity index (χ0n) is 18.3. The Bertz CT molecular complexity index is 1360. The van der Waals surface area contributed by atoms with Crippen molar-refractivity contribution in [1.29, 1.82) is 5.26 Å². The highest BCUT2D eigenvalue weighted by Crippen LogP contribution is 2.43. The van der Waals surface area contributed by atoms with Gasteiger partial charge in [-0.3, -0.25) is 19.5 Å². The maximum atomic E-state index is 13.3. The first-order valence-electron chi connectivity index (χ1n) is 10.7. The van der Waals surface area contributed by atoms with Crippen LogP contribution in [0.4, 0.5) is 11.4 Å². The molecular weight excluding hydrogens is 432 g/mol. The lowest BCUT2D eigenvalue weighted by atomic mass is 9.95. The summed E-state index contributed by atoms with van der Waals surface area (Å²) in [5.74, 6) is -1.12. The first-order chi connectivity index (χ1) is 16.5. The van der Waals surface area contributed by atoms with Crippen LogP contribution in [0.15, 0.2) is 72.6 Å². The number of aliphatic hydroxyl groups is 1. The van der Waals surface area contributed by atoms with Crippen LogP contribution < -0.4 is 14.5 Å². The van der Waals surface area contributed by atoms with Crippen LogP contribution >= 0.6 is 0 Å². The number of likely N-dealkylation sites (N-methyl/N-ethyl adjacent to an activating group) is 1. The van der Waals surface area contributed by atoms with Gasteiger partial charge >= 0.3 is 0 Å². The second kappa shape index (κ2) is 8.37. The van der Waals surface area contributed by atoms with Crippen molar-refractivity contribution in [3.8, 4) is 11.8 Å². The number of benzene rings is 2. The van der Waals surface area contributed by atoms with E-state index in [9.17, 15) is 14.7 Å². The number of nitrogens with zero attached hydrogens (tertiary/aromatic N) is 4. The molecule has 8 nitrogen and oxygen atoms in total. The standard InChI is InChI=1S/C26H20N4O4/c1-29-12-13-34-21-7-4-18(14-20(21)29)24(31)22-23(17-8-10-28-11-9-17)30(26(33)25(22)32)19-5-2-16(15-27)3-6-19/h2-11,14,23,31H,12-13H2,1H3/b24-22-. The Kier molecular flexibility index (Phi) is 5.22. The molecule has 2 aliphatic heterocycles. The maximum Gasteiger partial charge on any atom is 0.300 e. The molecule has 0 aliphatic carbocycles. The molecule has 3 aromatic rings. The van der Waals surface area contributed by atoms with E-state index in [-0.39, 0.29) is 11.3 Å². The number of carbonyl (C=O) groups is 2. The Morgan fingerprint density at radius 1 is 1.12 bits per heavy atom. The maximum absolute atomic E-state index is 13.3. The molecule has 0 radical (unpaired) electrons. The van der Waals surface area contributed by atoms with Crippen LogP contribution in [0, 0.1) is 11.3 Å². The number of fused-ring (bicyclic) bond motifs is 1. The molecule has 1 aromatic heterocycles. The van der Waals surface area contributed by atoms with E-state index >= 15 is 0 Å². The fraction of sp³-hybridized carbons (Fsp3) is 0.154. The third kappa shape index (κ3) is 3.44. The number of rotatable bonds is 3. The number of carbonyl (C=O) groups excluding carboxylic acids is 2. The molecular formula is C26H20N4O4. The molecule has 1 fully saturated rings. The summed E-state index contributed by atoms with van der Waals surface area (Å²) in [5, 5.41) is 20.5. The van der Waals surface area contributed by atoms with E-state index < -0.39 is 17.7 Å². The average molecular weight is 452 g/mol. The van der Waals surface area contributed by atoms with E-state index in [4.69, 9.17) is 10.00 Å². The second-order valence-corrected chi connectivity index (χ2v) is 8.06. The monoisotopic (exact) mass is 452 g/mol. The first-order valence-corrected chi connectivity index (χ1v) is 10.7. The summed E-state index contributed by atoms with van der Waals surface area (Å²) in [6.07, 6.45) is 3.14. The van der Waals surface area contributed by atoms with Crippen LogP contribution in [-0.2, 0) is 9.59 Å². The molecule has 0 saturated carbocycles. The molecule has 8 heteroatoms. The van der Waals surface area contributed by atoms with E-state index in [0.717, 1.165) is 5.69 Å². The second-order valence-electron chi connectivity index (χ2n) is 8.06. The van der Waals surface area contributed by atoms with Crippen molar-refractivity contribution in [2.45, 2.75) is 6.04 Å². The van der Waals surface area contributed by atoms with Crippen LogP contribution in [0.3, 0.4) is 0 Å². The van der Waals surface area contributed by atoms with E-state index in [2.05, 4.69) is 4.98 Å². The third-order valence-corrected chi connectivity index (χ3v) is 6.07. The number of hydrogen-bond acceptors (Lipinski definition) is 7. The number of ether oxygens (including phenoxy) is 1. The fourth-order valence-corrected chi connectivity index (χ4v) is 4.31. The molecule has 0 spiro atoms. The molecule has 1 amide bonds. The zero-order valence-corrected chi connectivity index (χ0v) is 18.3. The average Bonchev–Trinajstić information content (AvgIpc) is 3.14. The Balaban J connectivity index is 1.68. The van der Waals surface area contributed by atoms with Gasteiger partial charge < -0.3 is 14.7 Å². The molecule has 1 unspecified atom stereocenters. The van der Waals surface area contributed by atoms with Crippen molar-refractivity contribution >= 4 is 28.8 Å². The molecule has 1 atom stereocenters. The number of pyridine rings is 1. The number of Topliss-reactive ketones (excluding diaryl/α,β-unsaturated/α-hetero) is 1. The summed E-state index contributed by atoms with van der Waals surface area (Å²) in [5.41, 5.74) is 2.69. The molecule has 2 aliphatic rings. The summed E-state index contributed by atoms with van der Waals surface area (Å²) < 4.78 is 5.68. The van der Waals surface area contributed by atoms with Crippen molar-refractivity contribution in [2.24, 2.45) is 0 Å².